The van der Waals surface area contributed by atoms with Crippen LogP contribution in [-0.2, 0) is 0 Å². The summed E-state index contributed by atoms with van der Waals surface area (Å²) in [7, 11) is 0. The second kappa shape index (κ2) is 4.81. The molecule has 5 aromatic carbocycles. The molecule has 0 atom stereocenters. The monoisotopic (exact) mass is 334 g/mol. The third-order valence-corrected chi connectivity index (χ3v) is 6.26. The summed E-state index contributed by atoms with van der Waals surface area (Å²) < 4.78 is 1.39. The normalized spacial score (nSPS) is 12.0. The number of fused-ring (bicyclic) bond motifs is 11. The molecule has 6 rings (SSSR count). The Morgan fingerprint density at radius 2 is 0.840 bits per heavy atom. The molecular weight excluding hydrogens is 320 g/mol. The number of benzene rings is 5. The Hall–Kier alpha value is -2.90. The van der Waals surface area contributed by atoms with Crippen LogP contribution in [0.2, 0.25) is 0 Å². The van der Waals surface area contributed by atoms with Gasteiger partial charge in [-0.2, -0.15) is 0 Å². The van der Waals surface area contributed by atoms with Gasteiger partial charge in [0.2, 0.25) is 0 Å². The predicted molar refractivity (Wildman–Crippen MR) is 112 cm³/mol. The van der Waals surface area contributed by atoms with Gasteiger partial charge in [-0.15, -0.1) is 11.3 Å². The molecule has 1 heterocycles. The van der Waals surface area contributed by atoms with E-state index in [9.17, 15) is 0 Å². The number of hydrogen-bond donors (Lipinski definition) is 0. The first-order valence-corrected chi connectivity index (χ1v) is 9.42. The molecular formula is C24H14S. The average molecular weight is 334 g/mol. The van der Waals surface area contributed by atoms with Crippen LogP contribution in [0.25, 0.3) is 53.2 Å². The molecule has 0 radical (unpaired) electrons. The zero-order chi connectivity index (χ0) is 16.4. The molecule has 0 nitrogen and oxygen atoms in total. The Balaban J connectivity index is 2.15. The highest BCUT2D eigenvalue weighted by atomic mass is 32.1. The molecule has 0 N–H and O–H groups in total. The first kappa shape index (κ1) is 13.4. The Bertz CT molecular complexity index is 1430. The molecule has 0 amide bonds. The van der Waals surface area contributed by atoms with Gasteiger partial charge in [0.25, 0.3) is 0 Å². The number of hydrogen-bond acceptors (Lipinski definition) is 1. The zero-order valence-corrected chi connectivity index (χ0v) is 14.3. The van der Waals surface area contributed by atoms with Crippen LogP contribution in [0.5, 0.6) is 0 Å². The fourth-order valence-electron chi connectivity index (χ4n) is 4.31. The van der Waals surface area contributed by atoms with Crippen molar-refractivity contribution in [3.8, 4) is 0 Å². The molecule has 116 valence electrons. The molecule has 25 heavy (non-hydrogen) atoms. The van der Waals surface area contributed by atoms with Gasteiger partial charge in [-0.1, -0.05) is 72.8 Å². The SMILES string of the molecule is c1ccc2c(c1)c1ccccc1c1c3ccsc3c3ccccc3c21. The fourth-order valence-corrected chi connectivity index (χ4v) is 5.26. The van der Waals surface area contributed by atoms with Gasteiger partial charge in [-0.05, 0) is 49.1 Å². The maximum Gasteiger partial charge on any atom is 0.0427 e. The van der Waals surface area contributed by atoms with Gasteiger partial charge >= 0.3 is 0 Å². The van der Waals surface area contributed by atoms with E-state index in [4.69, 9.17) is 0 Å². The van der Waals surface area contributed by atoms with Crippen molar-refractivity contribution in [3.05, 3.63) is 84.2 Å². The van der Waals surface area contributed by atoms with Gasteiger partial charge in [0.15, 0.2) is 0 Å². The van der Waals surface area contributed by atoms with Crippen LogP contribution in [0.1, 0.15) is 0 Å². The lowest BCUT2D eigenvalue weighted by molar-refractivity contribution is 1.80. The van der Waals surface area contributed by atoms with Gasteiger partial charge in [0.05, 0.1) is 0 Å². The summed E-state index contributed by atoms with van der Waals surface area (Å²) in [4.78, 5) is 0. The van der Waals surface area contributed by atoms with E-state index >= 15 is 0 Å². The fraction of sp³-hybridized carbons (Fsp3) is 0. The van der Waals surface area contributed by atoms with Crippen molar-refractivity contribution in [3.63, 3.8) is 0 Å². The number of rotatable bonds is 0. The van der Waals surface area contributed by atoms with Gasteiger partial charge in [0.1, 0.15) is 0 Å². The van der Waals surface area contributed by atoms with Crippen LogP contribution in [0, 0.1) is 0 Å². The molecule has 0 aliphatic rings. The predicted octanol–water partition coefficient (Wildman–Crippen LogP) is 7.51. The van der Waals surface area contributed by atoms with Crippen LogP contribution in [0.3, 0.4) is 0 Å². The van der Waals surface area contributed by atoms with Crippen LogP contribution in [-0.4, -0.2) is 0 Å². The van der Waals surface area contributed by atoms with E-state index in [0.717, 1.165) is 0 Å². The van der Waals surface area contributed by atoms with Gasteiger partial charge in [0, 0.05) is 15.5 Å². The van der Waals surface area contributed by atoms with E-state index in [1.165, 1.54) is 53.2 Å². The van der Waals surface area contributed by atoms with Crippen molar-refractivity contribution in [2.75, 3.05) is 0 Å². The van der Waals surface area contributed by atoms with Crippen molar-refractivity contribution in [1.29, 1.82) is 0 Å². The van der Waals surface area contributed by atoms with E-state index in [1.807, 2.05) is 11.3 Å². The van der Waals surface area contributed by atoms with E-state index in [0.29, 0.717) is 0 Å². The van der Waals surface area contributed by atoms with Gasteiger partial charge < -0.3 is 0 Å². The average Bonchev–Trinajstić information content (AvgIpc) is 3.17. The van der Waals surface area contributed by atoms with Crippen molar-refractivity contribution in [2.45, 2.75) is 0 Å². The molecule has 6 aromatic rings. The summed E-state index contributed by atoms with van der Waals surface area (Å²) in [6, 6.07) is 28.8. The topological polar surface area (TPSA) is 0 Å². The minimum atomic E-state index is 1.34. The van der Waals surface area contributed by atoms with E-state index in [-0.39, 0.29) is 0 Å². The summed E-state index contributed by atoms with van der Waals surface area (Å²) >= 11 is 1.85. The van der Waals surface area contributed by atoms with Gasteiger partial charge in [-0.3, -0.25) is 0 Å². The Morgan fingerprint density at radius 3 is 1.44 bits per heavy atom. The molecule has 0 saturated heterocycles. The molecule has 0 unspecified atom stereocenters. The Kier molecular flexibility index (Phi) is 2.58. The Labute approximate surface area is 148 Å². The van der Waals surface area contributed by atoms with Crippen molar-refractivity contribution < 1.29 is 0 Å². The van der Waals surface area contributed by atoms with Crippen molar-refractivity contribution >= 4 is 64.5 Å². The quantitative estimate of drug-likeness (QED) is 0.252. The highest BCUT2D eigenvalue weighted by Crippen LogP contribution is 2.44. The lowest BCUT2D eigenvalue weighted by atomic mass is 9.89. The summed E-state index contributed by atoms with van der Waals surface area (Å²) in [5.74, 6) is 0. The molecule has 0 bridgehead atoms. The van der Waals surface area contributed by atoms with E-state index < -0.39 is 0 Å². The van der Waals surface area contributed by atoms with Crippen molar-refractivity contribution in [1.82, 2.24) is 0 Å². The molecule has 0 aliphatic carbocycles. The summed E-state index contributed by atoms with van der Waals surface area (Å²) in [6.45, 7) is 0. The van der Waals surface area contributed by atoms with Crippen LogP contribution >= 0.6 is 11.3 Å². The lowest BCUT2D eigenvalue weighted by Crippen LogP contribution is -1.86. The molecule has 0 aliphatic heterocycles. The van der Waals surface area contributed by atoms with Crippen LogP contribution in [0.4, 0.5) is 0 Å². The third-order valence-electron chi connectivity index (χ3n) is 5.31. The van der Waals surface area contributed by atoms with E-state index in [1.54, 1.807) is 0 Å². The molecule has 1 aromatic heterocycles. The standard InChI is InChI=1S/C24H14S/c1-3-9-17-15(7-1)16-8-2-4-10-18(16)23-21-13-14-25-24(21)20-12-6-5-11-19(20)22(17)23/h1-14H. The summed E-state index contributed by atoms with van der Waals surface area (Å²) in [6.07, 6.45) is 0. The highest BCUT2D eigenvalue weighted by Gasteiger charge is 2.15. The largest absolute Gasteiger partial charge is 0.143 e. The first-order chi connectivity index (χ1) is 12.4. The number of thiophene rings is 1. The maximum atomic E-state index is 2.29. The van der Waals surface area contributed by atoms with Crippen LogP contribution < -0.4 is 0 Å². The zero-order valence-electron chi connectivity index (χ0n) is 13.5. The second-order valence-electron chi connectivity index (χ2n) is 6.55. The third kappa shape index (κ3) is 1.66. The molecule has 0 spiro atoms. The highest BCUT2D eigenvalue weighted by molar-refractivity contribution is 7.18. The summed E-state index contributed by atoms with van der Waals surface area (Å²) in [5.41, 5.74) is 0. The minimum absolute atomic E-state index is 1.34. The second-order valence-corrected chi connectivity index (χ2v) is 7.47. The summed E-state index contributed by atoms with van der Waals surface area (Å²) in [5, 5.41) is 14.5. The van der Waals surface area contributed by atoms with E-state index in [2.05, 4.69) is 84.2 Å². The molecule has 0 fully saturated rings. The lowest BCUT2D eigenvalue weighted by Gasteiger charge is -2.14. The van der Waals surface area contributed by atoms with Crippen LogP contribution in [0.15, 0.2) is 84.2 Å². The van der Waals surface area contributed by atoms with Gasteiger partial charge in [-0.25, -0.2) is 0 Å². The van der Waals surface area contributed by atoms with Crippen molar-refractivity contribution in [2.24, 2.45) is 0 Å². The minimum Gasteiger partial charge on any atom is -0.143 e. The molecule has 1 heteroatoms. The smallest absolute Gasteiger partial charge is 0.0427 e. The Morgan fingerprint density at radius 1 is 0.400 bits per heavy atom. The first-order valence-electron chi connectivity index (χ1n) is 8.54. The molecule has 0 saturated carbocycles. The maximum absolute atomic E-state index is 2.29.